The van der Waals surface area contributed by atoms with Gasteiger partial charge in [-0.1, -0.05) is 36.8 Å². The van der Waals surface area contributed by atoms with E-state index in [1.54, 1.807) is 0 Å². The highest BCUT2D eigenvalue weighted by atomic mass is 127. The van der Waals surface area contributed by atoms with E-state index in [-0.39, 0.29) is 30.1 Å². The van der Waals surface area contributed by atoms with E-state index in [2.05, 4.69) is 47.5 Å². The Labute approximate surface area is 174 Å². The number of hydrogen-bond donors (Lipinski definition) is 1. The normalized spacial score (nSPS) is 27.3. The highest BCUT2D eigenvalue weighted by Crippen LogP contribution is 2.47. The number of benzene rings is 1. The first-order valence-electron chi connectivity index (χ1n) is 9.99. The molecule has 0 radical (unpaired) electrons. The summed E-state index contributed by atoms with van der Waals surface area (Å²) in [6.45, 7) is 7.16. The lowest BCUT2D eigenvalue weighted by Gasteiger charge is -2.38. The quantitative estimate of drug-likeness (QED) is 0.408. The average molecular weight is 469 g/mol. The molecule has 4 nitrogen and oxygen atoms in total. The minimum atomic E-state index is 0. The van der Waals surface area contributed by atoms with Crippen molar-refractivity contribution in [2.45, 2.75) is 45.1 Å². The molecule has 2 saturated heterocycles. The number of ether oxygens (including phenoxy) is 1. The maximum atomic E-state index is 6.03. The van der Waals surface area contributed by atoms with Crippen LogP contribution in [-0.4, -0.2) is 43.6 Å². The molecule has 2 heterocycles. The molecule has 3 fully saturated rings. The molecule has 1 saturated carbocycles. The standard InChI is InChI=1S/C21H31N3O.HI/c1-2-22-20(24-13-12-21(16-24)10-6-11-21)23-15-18-9-14-25-19(18)17-7-4-3-5-8-17;/h3-5,7-8,18-19H,2,6,9-16H2,1H3,(H,22,23);1H. The molecule has 4 rings (SSSR count). The van der Waals surface area contributed by atoms with Crippen molar-refractivity contribution in [1.82, 2.24) is 10.2 Å². The van der Waals surface area contributed by atoms with Crippen molar-refractivity contribution >= 4 is 29.9 Å². The highest BCUT2D eigenvalue weighted by Gasteiger charge is 2.43. The molecule has 3 aliphatic rings. The molecular weight excluding hydrogens is 437 g/mol. The zero-order valence-electron chi connectivity index (χ0n) is 15.8. The van der Waals surface area contributed by atoms with Crippen LogP contribution >= 0.6 is 24.0 Å². The maximum Gasteiger partial charge on any atom is 0.193 e. The monoisotopic (exact) mass is 469 g/mol. The number of halogens is 1. The third kappa shape index (κ3) is 4.19. The van der Waals surface area contributed by atoms with Gasteiger partial charge in [0.05, 0.1) is 6.10 Å². The van der Waals surface area contributed by atoms with Gasteiger partial charge in [0.2, 0.25) is 0 Å². The number of hydrogen-bond acceptors (Lipinski definition) is 2. The van der Waals surface area contributed by atoms with Crippen LogP contribution in [-0.2, 0) is 4.74 Å². The number of likely N-dealkylation sites (tertiary alicyclic amines) is 1. The van der Waals surface area contributed by atoms with E-state index < -0.39 is 0 Å². The van der Waals surface area contributed by atoms with Gasteiger partial charge in [0.25, 0.3) is 0 Å². The van der Waals surface area contributed by atoms with E-state index in [0.29, 0.717) is 11.3 Å². The summed E-state index contributed by atoms with van der Waals surface area (Å²) in [6.07, 6.45) is 6.89. The Morgan fingerprint density at radius 3 is 2.73 bits per heavy atom. The predicted octanol–water partition coefficient (Wildman–Crippen LogP) is 4.22. The van der Waals surface area contributed by atoms with Gasteiger partial charge in [-0.3, -0.25) is 4.99 Å². The Bertz CT molecular complexity index is 603. The van der Waals surface area contributed by atoms with Gasteiger partial charge in [0.1, 0.15) is 0 Å². The summed E-state index contributed by atoms with van der Waals surface area (Å²) in [4.78, 5) is 7.52. The van der Waals surface area contributed by atoms with Gasteiger partial charge in [-0.15, -0.1) is 24.0 Å². The van der Waals surface area contributed by atoms with Crippen molar-refractivity contribution in [2.24, 2.45) is 16.3 Å². The number of rotatable bonds is 4. The predicted molar refractivity (Wildman–Crippen MR) is 117 cm³/mol. The van der Waals surface area contributed by atoms with Gasteiger partial charge in [-0.25, -0.2) is 0 Å². The lowest BCUT2D eigenvalue weighted by Crippen LogP contribution is -2.42. The first kappa shape index (κ1) is 19.9. The van der Waals surface area contributed by atoms with Gasteiger partial charge in [0.15, 0.2) is 5.96 Å². The Hall–Kier alpha value is -0.820. The maximum absolute atomic E-state index is 6.03. The van der Waals surface area contributed by atoms with Crippen molar-refractivity contribution in [3.63, 3.8) is 0 Å². The molecule has 1 aromatic rings. The summed E-state index contributed by atoms with van der Waals surface area (Å²) in [5, 5.41) is 3.52. The highest BCUT2D eigenvalue weighted by molar-refractivity contribution is 14.0. The molecule has 0 aromatic heterocycles. The van der Waals surface area contributed by atoms with Crippen LogP contribution in [0.5, 0.6) is 0 Å². The second kappa shape index (κ2) is 8.91. The molecule has 0 amide bonds. The molecular formula is C21H32IN3O. The number of nitrogens with one attached hydrogen (secondary N) is 1. The molecule has 26 heavy (non-hydrogen) atoms. The first-order valence-corrected chi connectivity index (χ1v) is 9.99. The van der Waals surface area contributed by atoms with Crippen LogP contribution in [0.15, 0.2) is 35.3 Å². The Morgan fingerprint density at radius 1 is 1.27 bits per heavy atom. The topological polar surface area (TPSA) is 36.9 Å². The molecule has 1 aliphatic carbocycles. The van der Waals surface area contributed by atoms with E-state index in [1.807, 2.05) is 0 Å². The smallest absolute Gasteiger partial charge is 0.193 e. The molecule has 5 heteroatoms. The fraction of sp³-hybridized carbons (Fsp3) is 0.667. The minimum absolute atomic E-state index is 0. The zero-order valence-corrected chi connectivity index (χ0v) is 18.2. The van der Waals surface area contributed by atoms with Crippen LogP contribution in [0, 0.1) is 11.3 Å². The fourth-order valence-corrected chi connectivity index (χ4v) is 4.66. The van der Waals surface area contributed by atoms with Crippen LogP contribution in [0.3, 0.4) is 0 Å². The number of guanidine groups is 1. The molecule has 1 spiro atoms. The molecule has 1 N–H and O–H groups in total. The second-order valence-electron chi connectivity index (χ2n) is 7.97. The fourth-order valence-electron chi connectivity index (χ4n) is 4.66. The summed E-state index contributed by atoms with van der Waals surface area (Å²) in [7, 11) is 0. The van der Waals surface area contributed by atoms with Crippen molar-refractivity contribution in [2.75, 3.05) is 32.8 Å². The minimum Gasteiger partial charge on any atom is -0.373 e. The summed E-state index contributed by atoms with van der Waals surface area (Å²) in [5.41, 5.74) is 1.90. The molecule has 144 valence electrons. The van der Waals surface area contributed by atoms with Crippen LogP contribution < -0.4 is 5.32 Å². The molecule has 2 atom stereocenters. The SMILES string of the molecule is CCNC(=NCC1CCOC1c1ccccc1)N1CCC2(CCC2)C1.I. The Kier molecular flexibility index (Phi) is 6.83. The average Bonchev–Trinajstić information content (AvgIpc) is 3.26. The molecule has 0 bridgehead atoms. The van der Waals surface area contributed by atoms with Crippen molar-refractivity contribution in [3.05, 3.63) is 35.9 Å². The molecule has 2 unspecified atom stereocenters. The largest absolute Gasteiger partial charge is 0.373 e. The van der Waals surface area contributed by atoms with Crippen molar-refractivity contribution in [3.8, 4) is 0 Å². The van der Waals surface area contributed by atoms with Crippen molar-refractivity contribution < 1.29 is 4.74 Å². The van der Waals surface area contributed by atoms with E-state index >= 15 is 0 Å². The van der Waals surface area contributed by atoms with Gasteiger partial charge < -0.3 is 15.0 Å². The van der Waals surface area contributed by atoms with Gasteiger partial charge in [-0.2, -0.15) is 0 Å². The summed E-state index contributed by atoms with van der Waals surface area (Å²) in [6, 6.07) is 10.6. The Balaban J connectivity index is 0.00000196. The van der Waals surface area contributed by atoms with Crippen LogP contribution in [0.2, 0.25) is 0 Å². The van der Waals surface area contributed by atoms with Gasteiger partial charge in [0, 0.05) is 38.7 Å². The van der Waals surface area contributed by atoms with Crippen molar-refractivity contribution in [1.29, 1.82) is 0 Å². The summed E-state index contributed by atoms with van der Waals surface area (Å²) >= 11 is 0. The van der Waals surface area contributed by atoms with E-state index in [9.17, 15) is 0 Å². The summed E-state index contributed by atoms with van der Waals surface area (Å²) in [5.74, 6) is 1.60. The van der Waals surface area contributed by atoms with E-state index in [0.717, 1.165) is 38.6 Å². The van der Waals surface area contributed by atoms with Crippen LogP contribution in [0.1, 0.15) is 50.7 Å². The lowest BCUT2D eigenvalue weighted by atomic mass is 9.68. The second-order valence-corrected chi connectivity index (χ2v) is 7.97. The molecule has 1 aromatic carbocycles. The van der Waals surface area contributed by atoms with E-state index in [4.69, 9.17) is 9.73 Å². The number of aliphatic imine (C=N–C) groups is 1. The third-order valence-corrected chi connectivity index (χ3v) is 6.30. The van der Waals surface area contributed by atoms with Crippen LogP contribution in [0.4, 0.5) is 0 Å². The Morgan fingerprint density at radius 2 is 2.08 bits per heavy atom. The van der Waals surface area contributed by atoms with E-state index in [1.165, 1.54) is 37.8 Å². The van der Waals surface area contributed by atoms with Gasteiger partial charge in [-0.05, 0) is 43.6 Å². The zero-order chi connectivity index (χ0) is 17.1. The summed E-state index contributed by atoms with van der Waals surface area (Å²) < 4.78 is 6.03. The van der Waals surface area contributed by atoms with Crippen LogP contribution in [0.25, 0.3) is 0 Å². The number of nitrogens with zero attached hydrogens (tertiary/aromatic N) is 2. The molecule has 2 aliphatic heterocycles. The lowest BCUT2D eigenvalue weighted by molar-refractivity contribution is 0.0925. The van der Waals surface area contributed by atoms with Gasteiger partial charge >= 0.3 is 0 Å². The first-order chi connectivity index (χ1) is 12.3. The third-order valence-electron chi connectivity index (χ3n) is 6.30.